The number of halogens is 1. The third-order valence-electron chi connectivity index (χ3n) is 6.16. The summed E-state index contributed by atoms with van der Waals surface area (Å²) in [5, 5.41) is 0. The van der Waals surface area contributed by atoms with E-state index < -0.39 is 5.82 Å². The number of nitrogens with zero attached hydrogens (tertiary/aromatic N) is 5. The zero-order chi connectivity index (χ0) is 23.3. The second-order valence-corrected chi connectivity index (χ2v) is 8.37. The van der Waals surface area contributed by atoms with Crippen molar-refractivity contribution in [2.75, 3.05) is 44.3 Å². The van der Waals surface area contributed by atoms with E-state index in [1.54, 1.807) is 36.7 Å². The van der Waals surface area contributed by atoms with Crippen molar-refractivity contribution in [1.82, 2.24) is 19.9 Å². The topological polar surface area (TPSA) is 80.7 Å². The SMILES string of the molecule is O=C(c1ccnc(N2CCOCC2)c1)N1CCC[C@@H](c2nccnc2Oc2ccccc2F)C1. The van der Waals surface area contributed by atoms with Crippen LogP contribution in [0, 0.1) is 5.82 Å². The molecule has 34 heavy (non-hydrogen) atoms. The van der Waals surface area contributed by atoms with Gasteiger partial charge < -0.3 is 19.3 Å². The summed E-state index contributed by atoms with van der Waals surface area (Å²) in [5.41, 5.74) is 1.24. The molecule has 1 amide bonds. The molecule has 4 heterocycles. The van der Waals surface area contributed by atoms with Gasteiger partial charge >= 0.3 is 0 Å². The van der Waals surface area contributed by atoms with E-state index in [9.17, 15) is 9.18 Å². The molecule has 2 saturated heterocycles. The first-order valence-corrected chi connectivity index (χ1v) is 11.5. The Balaban J connectivity index is 1.33. The van der Waals surface area contributed by atoms with Crippen LogP contribution in [0.2, 0.25) is 0 Å². The van der Waals surface area contributed by atoms with Crippen LogP contribution in [0.25, 0.3) is 0 Å². The summed E-state index contributed by atoms with van der Waals surface area (Å²) in [6.45, 7) is 3.97. The number of hydrogen-bond acceptors (Lipinski definition) is 7. The van der Waals surface area contributed by atoms with Gasteiger partial charge in [-0.15, -0.1) is 0 Å². The van der Waals surface area contributed by atoms with E-state index in [4.69, 9.17) is 9.47 Å². The number of carbonyl (C=O) groups excluding carboxylic acids is 1. The summed E-state index contributed by atoms with van der Waals surface area (Å²) in [7, 11) is 0. The predicted octanol–water partition coefficient (Wildman–Crippen LogP) is 3.66. The van der Waals surface area contributed by atoms with Gasteiger partial charge in [0.1, 0.15) is 11.5 Å². The number of benzene rings is 1. The van der Waals surface area contributed by atoms with E-state index in [0.717, 1.165) is 31.7 Å². The smallest absolute Gasteiger partial charge is 0.254 e. The quantitative estimate of drug-likeness (QED) is 0.571. The number of likely N-dealkylation sites (tertiary alicyclic amines) is 1. The van der Waals surface area contributed by atoms with Gasteiger partial charge in [-0.2, -0.15) is 0 Å². The molecule has 3 aromatic rings. The highest BCUT2D eigenvalue weighted by molar-refractivity contribution is 5.95. The van der Waals surface area contributed by atoms with Gasteiger partial charge in [0.05, 0.1) is 13.2 Å². The first kappa shape index (κ1) is 22.2. The summed E-state index contributed by atoms with van der Waals surface area (Å²) in [6, 6.07) is 9.81. The molecule has 0 aliphatic carbocycles. The third-order valence-corrected chi connectivity index (χ3v) is 6.16. The molecule has 176 valence electrons. The molecule has 2 aliphatic rings. The van der Waals surface area contributed by atoms with Gasteiger partial charge in [-0.1, -0.05) is 12.1 Å². The number of para-hydroxylation sites is 1. The molecule has 5 rings (SSSR count). The predicted molar refractivity (Wildman–Crippen MR) is 124 cm³/mol. The molecule has 0 spiro atoms. The van der Waals surface area contributed by atoms with E-state index >= 15 is 0 Å². The molecule has 2 fully saturated rings. The molecular weight excluding hydrogens is 437 g/mol. The lowest BCUT2D eigenvalue weighted by atomic mass is 9.94. The van der Waals surface area contributed by atoms with Gasteiger partial charge in [0.25, 0.3) is 5.91 Å². The van der Waals surface area contributed by atoms with Gasteiger partial charge in [0, 0.05) is 56.3 Å². The zero-order valence-electron chi connectivity index (χ0n) is 18.8. The van der Waals surface area contributed by atoms with Crippen LogP contribution in [0.3, 0.4) is 0 Å². The fourth-order valence-corrected chi connectivity index (χ4v) is 4.41. The Morgan fingerprint density at radius 3 is 2.71 bits per heavy atom. The molecule has 1 atom stereocenters. The number of pyridine rings is 1. The lowest BCUT2D eigenvalue weighted by Gasteiger charge is -2.33. The molecule has 1 aromatic carbocycles. The normalized spacial score (nSPS) is 18.6. The molecule has 2 aromatic heterocycles. The summed E-state index contributed by atoms with van der Waals surface area (Å²) in [4.78, 5) is 30.6. The fraction of sp³-hybridized carbons (Fsp3) is 0.360. The molecule has 0 saturated carbocycles. The van der Waals surface area contributed by atoms with Crippen LogP contribution < -0.4 is 9.64 Å². The number of anilines is 1. The number of hydrogen-bond donors (Lipinski definition) is 0. The lowest BCUT2D eigenvalue weighted by Crippen LogP contribution is -2.40. The summed E-state index contributed by atoms with van der Waals surface area (Å²) in [6.07, 6.45) is 6.47. The van der Waals surface area contributed by atoms with Crippen LogP contribution in [0.4, 0.5) is 10.2 Å². The Hall–Kier alpha value is -3.59. The molecule has 0 N–H and O–H groups in total. The average Bonchev–Trinajstić information content (AvgIpc) is 2.90. The first-order chi connectivity index (χ1) is 16.7. The van der Waals surface area contributed by atoms with Crippen molar-refractivity contribution in [3.8, 4) is 11.6 Å². The number of morpholine rings is 1. The van der Waals surface area contributed by atoms with Crippen LogP contribution in [-0.2, 0) is 4.74 Å². The minimum atomic E-state index is -0.465. The molecular formula is C25H26FN5O3. The van der Waals surface area contributed by atoms with E-state index in [2.05, 4.69) is 19.9 Å². The maximum absolute atomic E-state index is 14.1. The number of amides is 1. The van der Waals surface area contributed by atoms with Crippen LogP contribution in [0.15, 0.2) is 55.0 Å². The average molecular weight is 464 g/mol. The monoisotopic (exact) mass is 463 g/mol. The highest BCUT2D eigenvalue weighted by atomic mass is 19.1. The summed E-state index contributed by atoms with van der Waals surface area (Å²) < 4.78 is 25.3. The van der Waals surface area contributed by atoms with Gasteiger partial charge in [0.15, 0.2) is 11.6 Å². The van der Waals surface area contributed by atoms with Crippen LogP contribution in [-0.4, -0.2) is 65.2 Å². The standard InChI is InChI=1S/C25H26FN5O3/c26-20-5-1-2-6-21(20)34-24-23(28-9-10-29-24)19-4-3-11-31(17-19)25(32)18-7-8-27-22(16-18)30-12-14-33-15-13-30/h1-2,5-10,16,19H,3-4,11-15,17H2/t19-/m1/s1. The highest BCUT2D eigenvalue weighted by Gasteiger charge is 2.29. The summed E-state index contributed by atoms with van der Waals surface area (Å²) in [5.74, 6) is 0.590. The minimum Gasteiger partial charge on any atom is -0.434 e. The number of ether oxygens (including phenoxy) is 2. The fourth-order valence-electron chi connectivity index (χ4n) is 4.41. The van der Waals surface area contributed by atoms with Gasteiger partial charge in [-0.3, -0.25) is 9.78 Å². The second kappa shape index (κ2) is 10.1. The first-order valence-electron chi connectivity index (χ1n) is 11.5. The van der Waals surface area contributed by atoms with Crippen molar-refractivity contribution in [3.05, 3.63) is 72.1 Å². The molecule has 8 nitrogen and oxygen atoms in total. The van der Waals surface area contributed by atoms with Crippen LogP contribution in [0.5, 0.6) is 11.6 Å². The van der Waals surface area contributed by atoms with Gasteiger partial charge in [0.2, 0.25) is 5.88 Å². The van der Waals surface area contributed by atoms with Crippen molar-refractivity contribution in [2.24, 2.45) is 0 Å². The Bertz CT molecular complexity index is 1150. The Morgan fingerprint density at radius 2 is 1.85 bits per heavy atom. The van der Waals surface area contributed by atoms with Gasteiger partial charge in [-0.25, -0.2) is 14.4 Å². The Morgan fingerprint density at radius 1 is 1.03 bits per heavy atom. The second-order valence-electron chi connectivity index (χ2n) is 8.37. The maximum atomic E-state index is 14.1. The van der Waals surface area contributed by atoms with Crippen molar-refractivity contribution in [1.29, 1.82) is 0 Å². The largest absolute Gasteiger partial charge is 0.434 e. The number of aromatic nitrogens is 3. The maximum Gasteiger partial charge on any atom is 0.254 e. The number of carbonyl (C=O) groups is 1. The van der Waals surface area contributed by atoms with E-state index in [1.165, 1.54) is 12.3 Å². The van der Waals surface area contributed by atoms with E-state index in [0.29, 0.717) is 37.6 Å². The summed E-state index contributed by atoms with van der Waals surface area (Å²) >= 11 is 0. The van der Waals surface area contributed by atoms with Crippen molar-refractivity contribution >= 4 is 11.7 Å². The van der Waals surface area contributed by atoms with Crippen molar-refractivity contribution < 1.29 is 18.7 Å². The molecule has 0 radical (unpaired) electrons. The van der Waals surface area contributed by atoms with Crippen molar-refractivity contribution in [2.45, 2.75) is 18.8 Å². The van der Waals surface area contributed by atoms with Gasteiger partial charge in [-0.05, 0) is 37.1 Å². The highest BCUT2D eigenvalue weighted by Crippen LogP contribution is 2.33. The van der Waals surface area contributed by atoms with E-state index in [-0.39, 0.29) is 23.5 Å². The van der Waals surface area contributed by atoms with Crippen molar-refractivity contribution in [3.63, 3.8) is 0 Å². The zero-order valence-corrected chi connectivity index (χ0v) is 18.8. The lowest BCUT2D eigenvalue weighted by molar-refractivity contribution is 0.0704. The van der Waals surface area contributed by atoms with Crippen LogP contribution in [0.1, 0.15) is 34.8 Å². The Kier molecular flexibility index (Phi) is 6.62. The van der Waals surface area contributed by atoms with Crippen LogP contribution >= 0.6 is 0 Å². The third kappa shape index (κ3) is 4.84. The minimum absolute atomic E-state index is 0.0397. The Labute approximate surface area is 197 Å². The number of piperidine rings is 1. The molecule has 0 bridgehead atoms. The molecule has 2 aliphatic heterocycles. The number of rotatable bonds is 5. The van der Waals surface area contributed by atoms with E-state index in [1.807, 2.05) is 11.0 Å². The molecule has 9 heteroatoms. The molecule has 0 unspecified atom stereocenters.